The predicted molar refractivity (Wildman–Crippen MR) is 107 cm³/mol. The number of carbonyl (C=O) groups excluding carboxylic acids is 1. The summed E-state index contributed by atoms with van der Waals surface area (Å²) in [5.41, 5.74) is 2.91. The maximum absolute atomic E-state index is 11.9. The summed E-state index contributed by atoms with van der Waals surface area (Å²) in [6.45, 7) is 3.64. The van der Waals surface area contributed by atoms with E-state index in [4.69, 9.17) is 4.74 Å². The van der Waals surface area contributed by atoms with Gasteiger partial charge in [-0.1, -0.05) is 54.2 Å². The van der Waals surface area contributed by atoms with E-state index >= 15 is 0 Å². The molecule has 0 aliphatic carbocycles. The Bertz CT molecular complexity index is 967. The molecule has 6 heteroatoms. The molecular formula is C21H20N2O3S. The van der Waals surface area contributed by atoms with Gasteiger partial charge in [-0.05, 0) is 31.5 Å². The van der Waals surface area contributed by atoms with Crippen LogP contribution in [0.3, 0.4) is 0 Å². The van der Waals surface area contributed by atoms with Crippen molar-refractivity contribution in [2.24, 2.45) is 0 Å². The number of rotatable bonds is 6. The van der Waals surface area contributed by atoms with Crippen LogP contribution in [0.4, 0.5) is 0 Å². The highest BCUT2D eigenvalue weighted by Gasteiger charge is 2.09. The van der Waals surface area contributed by atoms with Gasteiger partial charge in [-0.2, -0.15) is 0 Å². The van der Waals surface area contributed by atoms with E-state index in [9.17, 15) is 9.59 Å². The molecule has 27 heavy (non-hydrogen) atoms. The lowest BCUT2D eigenvalue weighted by atomic mass is 10.1. The van der Waals surface area contributed by atoms with Crippen LogP contribution in [0.2, 0.25) is 0 Å². The molecule has 3 rings (SSSR count). The first-order valence-corrected chi connectivity index (χ1v) is 9.59. The van der Waals surface area contributed by atoms with Crippen LogP contribution < -0.4 is 5.56 Å². The molecule has 5 nitrogen and oxygen atoms in total. The van der Waals surface area contributed by atoms with Crippen LogP contribution in [0.25, 0.3) is 11.3 Å². The van der Waals surface area contributed by atoms with Crippen molar-refractivity contribution in [2.45, 2.75) is 30.9 Å². The zero-order valence-corrected chi connectivity index (χ0v) is 16.0. The standard InChI is InChI=1S/C21H20N2O3S/c1-14(2)26-20(25)17-10-8-15(9-11-17)13-27-21-22-18(12-19(24)23-21)16-6-4-3-5-7-16/h3-12,14H,13H2,1-2H3,(H,22,23,24). The first kappa shape index (κ1) is 18.9. The van der Waals surface area contributed by atoms with E-state index in [1.54, 1.807) is 12.1 Å². The molecule has 0 aliphatic heterocycles. The van der Waals surface area contributed by atoms with Gasteiger partial charge in [0.25, 0.3) is 5.56 Å². The number of nitrogens with zero attached hydrogens (tertiary/aromatic N) is 1. The quantitative estimate of drug-likeness (QED) is 0.392. The Kier molecular flexibility index (Phi) is 6.08. The minimum absolute atomic E-state index is 0.146. The maximum Gasteiger partial charge on any atom is 0.338 e. The summed E-state index contributed by atoms with van der Waals surface area (Å²) in [6, 6.07) is 18.3. The summed E-state index contributed by atoms with van der Waals surface area (Å²) in [4.78, 5) is 31.1. The van der Waals surface area contributed by atoms with E-state index < -0.39 is 0 Å². The van der Waals surface area contributed by atoms with Crippen molar-refractivity contribution in [3.63, 3.8) is 0 Å². The molecule has 0 spiro atoms. The van der Waals surface area contributed by atoms with Gasteiger partial charge >= 0.3 is 5.97 Å². The van der Waals surface area contributed by atoms with Gasteiger partial charge < -0.3 is 9.72 Å². The van der Waals surface area contributed by atoms with Crippen LogP contribution >= 0.6 is 11.8 Å². The van der Waals surface area contributed by atoms with E-state index in [1.165, 1.54) is 17.8 Å². The Labute approximate surface area is 161 Å². The first-order valence-electron chi connectivity index (χ1n) is 8.61. The molecule has 0 radical (unpaired) electrons. The van der Waals surface area contributed by atoms with E-state index in [0.717, 1.165) is 11.1 Å². The van der Waals surface area contributed by atoms with Gasteiger partial charge in [0.15, 0.2) is 5.16 Å². The van der Waals surface area contributed by atoms with Gasteiger partial charge in [-0.3, -0.25) is 4.79 Å². The summed E-state index contributed by atoms with van der Waals surface area (Å²) < 4.78 is 5.18. The predicted octanol–water partition coefficient (Wildman–Crippen LogP) is 4.29. The molecule has 0 bridgehead atoms. The van der Waals surface area contributed by atoms with Crippen molar-refractivity contribution in [1.82, 2.24) is 9.97 Å². The molecule has 2 aromatic carbocycles. The van der Waals surface area contributed by atoms with Crippen molar-refractivity contribution in [1.29, 1.82) is 0 Å². The Morgan fingerprint density at radius 1 is 1.11 bits per heavy atom. The number of hydrogen-bond acceptors (Lipinski definition) is 5. The molecule has 0 saturated carbocycles. The number of aromatic amines is 1. The lowest BCUT2D eigenvalue weighted by Crippen LogP contribution is -2.11. The fraction of sp³-hybridized carbons (Fsp3) is 0.190. The Morgan fingerprint density at radius 2 is 1.81 bits per heavy atom. The average molecular weight is 380 g/mol. The van der Waals surface area contributed by atoms with Gasteiger partial charge in [-0.25, -0.2) is 9.78 Å². The molecule has 0 amide bonds. The van der Waals surface area contributed by atoms with Crippen LogP contribution in [0.1, 0.15) is 29.8 Å². The molecule has 1 N–H and O–H groups in total. The molecule has 3 aromatic rings. The number of benzene rings is 2. The zero-order valence-electron chi connectivity index (χ0n) is 15.1. The molecule has 0 aliphatic rings. The van der Waals surface area contributed by atoms with Crippen molar-refractivity contribution < 1.29 is 9.53 Å². The van der Waals surface area contributed by atoms with E-state index in [-0.39, 0.29) is 17.6 Å². The number of esters is 1. The number of thioether (sulfide) groups is 1. The SMILES string of the molecule is CC(C)OC(=O)c1ccc(CSc2nc(-c3ccccc3)cc(=O)[nH]2)cc1. The second-order valence-corrected chi connectivity index (χ2v) is 7.21. The zero-order chi connectivity index (χ0) is 19.2. The highest BCUT2D eigenvalue weighted by Crippen LogP contribution is 2.22. The molecule has 1 aromatic heterocycles. The minimum atomic E-state index is -0.328. The van der Waals surface area contributed by atoms with Crippen LogP contribution in [-0.4, -0.2) is 22.0 Å². The van der Waals surface area contributed by atoms with Crippen LogP contribution in [-0.2, 0) is 10.5 Å². The number of ether oxygens (including phenoxy) is 1. The minimum Gasteiger partial charge on any atom is -0.459 e. The highest BCUT2D eigenvalue weighted by atomic mass is 32.2. The molecule has 138 valence electrons. The Morgan fingerprint density at radius 3 is 2.48 bits per heavy atom. The second-order valence-electron chi connectivity index (χ2n) is 6.24. The van der Waals surface area contributed by atoms with Gasteiger partial charge in [0.2, 0.25) is 0 Å². The average Bonchev–Trinajstić information content (AvgIpc) is 2.66. The highest BCUT2D eigenvalue weighted by molar-refractivity contribution is 7.98. The molecule has 1 heterocycles. The molecule has 0 atom stereocenters. The summed E-state index contributed by atoms with van der Waals surface area (Å²) in [7, 11) is 0. The van der Waals surface area contributed by atoms with Crippen molar-refractivity contribution in [2.75, 3.05) is 0 Å². The Hall–Kier alpha value is -2.86. The van der Waals surface area contributed by atoms with E-state index in [2.05, 4.69) is 9.97 Å². The van der Waals surface area contributed by atoms with Gasteiger partial charge in [-0.15, -0.1) is 0 Å². The Balaban J connectivity index is 1.69. The van der Waals surface area contributed by atoms with Crippen LogP contribution in [0, 0.1) is 0 Å². The van der Waals surface area contributed by atoms with Crippen molar-refractivity contribution in [3.05, 3.63) is 82.1 Å². The number of carbonyl (C=O) groups is 1. The number of hydrogen-bond donors (Lipinski definition) is 1. The van der Waals surface area contributed by atoms with Crippen molar-refractivity contribution >= 4 is 17.7 Å². The number of H-pyrrole nitrogens is 1. The maximum atomic E-state index is 11.9. The smallest absolute Gasteiger partial charge is 0.338 e. The number of aromatic nitrogens is 2. The molecular weight excluding hydrogens is 360 g/mol. The fourth-order valence-corrected chi connectivity index (χ4v) is 3.26. The first-order chi connectivity index (χ1) is 13.0. The second kappa shape index (κ2) is 8.68. The molecule has 0 saturated heterocycles. The summed E-state index contributed by atoms with van der Waals surface area (Å²) >= 11 is 1.44. The van der Waals surface area contributed by atoms with Gasteiger partial charge in [0.1, 0.15) is 0 Å². The summed E-state index contributed by atoms with van der Waals surface area (Å²) in [5, 5.41) is 0.560. The fourth-order valence-electron chi connectivity index (χ4n) is 2.43. The van der Waals surface area contributed by atoms with Crippen LogP contribution in [0.5, 0.6) is 0 Å². The molecule has 0 fully saturated rings. The van der Waals surface area contributed by atoms with Crippen LogP contribution in [0.15, 0.2) is 70.6 Å². The third-order valence-corrected chi connectivity index (χ3v) is 4.64. The van der Waals surface area contributed by atoms with E-state index in [0.29, 0.717) is 22.2 Å². The normalized spacial score (nSPS) is 10.8. The van der Waals surface area contributed by atoms with E-state index in [1.807, 2.05) is 56.3 Å². The number of nitrogens with one attached hydrogen (secondary N) is 1. The summed E-state index contributed by atoms with van der Waals surface area (Å²) in [6.07, 6.45) is -0.146. The molecule has 0 unspecified atom stereocenters. The van der Waals surface area contributed by atoms with Gasteiger partial charge in [0.05, 0.1) is 17.4 Å². The van der Waals surface area contributed by atoms with Crippen molar-refractivity contribution in [3.8, 4) is 11.3 Å². The third-order valence-electron chi connectivity index (χ3n) is 3.70. The lowest BCUT2D eigenvalue weighted by molar-refractivity contribution is 0.0378. The summed E-state index contributed by atoms with van der Waals surface area (Å²) in [5.74, 6) is 0.298. The topological polar surface area (TPSA) is 72.0 Å². The largest absolute Gasteiger partial charge is 0.459 e. The third kappa shape index (κ3) is 5.31. The van der Waals surface area contributed by atoms with Gasteiger partial charge in [0, 0.05) is 17.4 Å². The lowest BCUT2D eigenvalue weighted by Gasteiger charge is -2.08. The monoisotopic (exact) mass is 380 g/mol.